The van der Waals surface area contributed by atoms with Gasteiger partial charge < -0.3 is 4.74 Å². The summed E-state index contributed by atoms with van der Waals surface area (Å²) in [6.45, 7) is 8.32. The zero-order chi connectivity index (χ0) is 14.9. The van der Waals surface area contributed by atoms with Gasteiger partial charge in [0.2, 0.25) is 0 Å². The van der Waals surface area contributed by atoms with E-state index in [1.165, 1.54) is 4.68 Å². The molecule has 1 heterocycles. The third-order valence-electron chi connectivity index (χ3n) is 3.75. The number of ether oxygens (including phenoxy) is 1. The Bertz CT molecular complexity index is 702. The van der Waals surface area contributed by atoms with Crippen LogP contribution in [-0.2, 0) is 6.54 Å². The monoisotopic (exact) mass is 272 g/mol. The lowest BCUT2D eigenvalue weighted by molar-refractivity contribution is 0.410. The Hall–Kier alpha value is -2.10. The van der Waals surface area contributed by atoms with Gasteiger partial charge in [-0.05, 0) is 56.0 Å². The zero-order valence-electron chi connectivity index (χ0n) is 12.7. The predicted octanol–water partition coefficient (Wildman–Crippen LogP) is 2.53. The molecule has 0 atom stereocenters. The van der Waals surface area contributed by atoms with E-state index in [2.05, 4.69) is 5.10 Å². The lowest BCUT2D eigenvalue weighted by atomic mass is 10.0. The number of hydrogen-bond acceptors (Lipinski definition) is 3. The summed E-state index contributed by atoms with van der Waals surface area (Å²) in [4.78, 5) is 12.0. The smallest absolute Gasteiger partial charge is 0.267 e. The van der Waals surface area contributed by atoms with Gasteiger partial charge in [0.05, 0.1) is 19.3 Å². The standard InChI is InChI=1S/C16H20N2O2/c1-10-6-7-15(20-5)12(3)14(10)9-18-16(19)8-11(2)13(4)17-18/h6-8H,9H2,1-5H3. The number of aryl methyl sites for hydroxylation is 3. The Morgan fingerprint density at radius 2 is 1.85 bits per heavy atom. The predicted molar refractivity (Wildman–Crippen MR) is 79.5 cm³/mol. The van der Waals surface area contributed by atoms with Crippen molar-refractivity contribution in [1.29, 1.82) is 0 Å². The van der Waals surface area contributed by atoms with Gasteiger partial charge in [0.15, 0.2) is 0 Å². The number of benzene rings is 1. The van der Waals surface area contributed by atoms with E-state index in [4.69, 9.17) is 4.74 Å². The van der Waals surface area contributed by atoms with Gasteiger partial charge in [0.1, 0.15) is 5.75 Å². The third kappa shape index (κ3) is 2.59. The molecular formula is C16H20N2O2. The molecule has 0 amide bonds. The summed E-state index contributed by atoms with van der Waals surface area (Å²) in [6.07, 6.45) is 0. The molecular weight excluding hydrogens is 252 g/mol. The average Bonchev–Trinajstić information content (AvgIpc) is 2.40. The summed E-state index contributed by atoms with van der Waals surface area (Å²) in [6, 6.07) is 5.59. The molecule has 0 N–H and O–H groups in total. The second-order valence-corrected chi connectivity index (χ2v) is 5.10. The third-order valence-corrected chi connectivity index (χ3v) is 3.75. The lowest BCUT2D eigenvalue weighted by Gasteiger charge is -2.14. The van der Waals surface area contributed by atoms with Crippen LogP contribution < -0.4 is 10.3 Å². The first-order valence-electron chi connectivity index (χ1n) is 6.62. The average molecular weight is 272 g/mol. The quantitative estimate of drug-likeness (QED) is 0.862. The summed E-state index contributed by atoms with van der Waals surface area (Å²) >= 11 is 0. The Balaban J connectivity index is 2.50. The molecule has 0 aliphatic carbocycles. The van der Waals surface area contributed by atoms with Crippen molar-refractivity contribution in [2.24, 2.45) is 0 Å². The minimum atomic E-state index is -0.0743. The van der Waals surface area contributed by atoms with Crippen molar-refractivity contribution in [2.75, 3.05) is 7.11 Å². The number of rotatable bonds is 3. The van der Waals surface area contributed by atoms with Crippen LogP contribution in [0.4, 0.5) is 0 Å². The van der Waals surface area contributed by atoms with Crippen molar-refractivity contribution in [3.63, 3.8) is 0 Å². The molecule has 4 nitrogen and oxygen atoms in total. The van der Waals surface area contributed by atoms with E-state index in [0.29, 0.717) is 6.54 Å². The minimum absolute atomic E-state index is 0.0743. The van der Waals surface area contributed by atoms with Crippen LogP contribution in [0.2, 0.25) is 0 Å². The summed E-state index contributed by atoms with van der Waals surface area (Å²) in [7, 11) is 1.65. The van der Waals surface area contributed by atoms with Crippen molar-refractivity contribution in [3.05, 3.63) is 56.5 Å². The van der Waals surface area contributed by atoms with Crippen molar-refractivity contribution in [1.82, 2.24) is 9.78 Å². The SMILES string of the molecule is COc1ccc(C)c(Cn2nc(C)c(C)cc2=O)c1C. The van der Waals surface area contributed by atoms with E-state index < -0.39 is 0 Å². The fraction of sp³-hybridized carbons (Fsp3) is 0.375. The summed E-state index contributed by atoms with van der Waals surface area (Å²) in [5.74, 6) is 0.836. The fourth-order valence-corrected chi connectivity index (χ4v) is 2.27. The molecule has 4 heteroatoms. The molecule has 0 bridgehead atoms. The highest BCUT2D eigenvalue weighted by Crippen LogP contribution is 2.24. The number of hydrogen-bond donors (Lipinski definition) is 0. The molecule has 1 aromatic heterocycles. The lowest BCUT2D eigenvalue weighted by Crippen LogP contribution is -2.25. The molecule has 106 valence electrons. The second-order valence-electron chi connectivity index (χ2n) is 5.10. The number of aromatic nitrogens is 2. The minimum Gasteiger partial charge on any atom is -0.496 e. The van der Waals surface area contributed by atoms with Crippen molar-refractivity contribution in [2.45, 2.75) is 34.2 Å². The second kappa shape index (κ2) is 5.49. The Labute approximate surface area is 119 Å². The van der Waals surface area contributed by atoms with Gasteiger partial charge >= 0.3 is 0 Å². The maximum atomic E-state index is 12.0. The van der Waals surface area contributed by atoms with E-state index in [1.54, 1.807) is 13.2 Å². The summed E-state index contributed by atoms with van der Waals surface area (Å²) in [5.41, 5.74) is 5.00. The van der Waals surface area contributed by atoms with Crippen LogP contribution in [-0.4, -0.2) is 16.9 Å². The molecule has 0 saturated heterocycles. The maximum Gasteiger partial charge on any atom is 0.267 e. The van der Waals surface area contributed by atoms with Crippen LogP contribution in [0.1, 0.15) is 27.9 Å². The first kappa shape index (κ1) is 14.3. The Morgan fingerprint density at radius 3 is 2.50 bits per heavy atom. The van der Waals surface area contributed by atoms with E-state index in [-0.39, 0.29) is 5.56 Å². The Kier molecular flexibility index (Phi) is 3.93. The first-order valence-corrected chi connectivity index (χ1v) is 6.62. The zero-order valence-corrected chi connectivity index (χ0v) is 12.7. The molecule has 20 heavy (non-hydrogen) atoms. The molecule has 2 aromatic rings. The van der Waals surface area contributed by atoms with E-state index in [1.807, 2.05) is 39.8 Å². The molecule has 0 fully saturated rings. The largest absolute Gasteiger partial charge is 0.496 e. The van der Waals surface area contributed by atoms with Gasteiger partial charge in [-0.15, -0.1) is 0 Å². The van der Waals surface area contributed by atoms with Crippen LogP contribution in [0.25, 0.3) is 0 Å². The van der Waals surface area contributed by atoms with Gasteiger partial charge in [0.25, 0.3) is 5.56 Å². The topological polar surface area (TPSA) is 44.1 Å². The first-order chi connectivity index (χ1) is 9.43. The van der Waals surface area contributed by atoms with Gasteiger partial charge in [-0.1, -0.05) is 6.07 Å². The molecule has 2 rings (SSSR count). The molecule has 0 aliphatic heterocycles. The highest BCUT2D eigenvalue weighted by molar-refractivity contribution is 5.43. The molecule has 0 unspecified atom stereocenters. The van der Waals surface area contributed by atoms with Crippen molar-refractivity contribution in [3.8, 4) is 5.75 Å². The highest BCUT2D eigenvalue weighted by atomic mass is 16.5. The van der Waals surface area contributed by atoms with Crippen molar-refractivity contribution >= 4 is 0 Å². The van der Waals surface area contributed by atoms with Gasteiger partial charge in [0, 0.05) is 6.07 Å². The van der Waals surface area contributed by atoms with E-state index in [9.17, 15) is 4.79 Å². The molecule has 1 aromatic carbocycles. The van der Waals surface area contributed by atoms with E-state index in [0.717, 1.165) is 33.7 Å². The molecule has 0 radical (unpaired) electrons. The molecule has 0 aliphatic rings. The van der Waals surface area contributed by atoms with Crippen LogP contribution in [0, 0.1) is 27.7 Å². The van der Waals surface area contributed by atoms with Gasteiger partial charge in [-0.2, -0.15) is 5.10 Å². The van der Waals surface area contributed by atoms with E-state index >= 15 is 0 Å². The molecule has 0 saturated carbocycles. The highest BCUT2D eigenvalue weighted by Gasteiger charge is 2.10. The van der Waals surface area contributed by atoms with Crippen molar-refractivity contribution < 1.29 is 4.74 Å². The Morgan fingerprint density at radius 1 is 1.15 bits per heavy atom. The van der Waals surface area contributed by atoms with Crippen LogP contribution in [0.3, 0.4) is 0 Å². The number of nitrogens with zero attached hydrogens (tertiary/aromatic N) is 2. The van der Waals surface area contributed by atoms with Crippen LogP contribution in [0.15, 0.2) is 23.0 Å². The van der Waals surface area contributed by atoms with Gasteiger partial charge in [-0.25, -0.2) is 4.68 Å². The summed E-state index contributed by atoms with van der Waals surface area (Å²) < 4.78 is 6.85. The summed E-state index contributed by atoms with van der Waals surface area (Å²) in [5, 5.41) is 4.37. The number of methoxy groups -OCH3 is 1. The normalized spacial score (nSPS) is 10.7. The van der Waals surface area contributed by atoms with Gasteiger partial charge in [-0.3, -0.25) is 4.79 Å². The fourth-order valence-electron chi connectivity index (χ4n) is 2.27. The van der Waals surface area contributed by atoms with Crippen LogP contribution >= 0.6 is 0 Å². The maximum absolute atomic E-state index is 12.0. The molecule has 0 spiro atoms. The van der Waals surface area contributed by atoms with Crippen LogP contribution in [0.5, 0.6) is 5.75 Å².